The van der Waals surface area contributed by atoms with E-state index in [0.29, 0.717) is 20.9 Å². The Morgan fingerprint density at radius 3 is 2.76 bits per heavy atom. The summed E-state index contributed by atoms with van der Waals surface area (Å²) in [6, 6.07) is 8.91. The van der Waals surface area contributed by atoms with E-state index in [-0.39, 0.29) is 5.91 Å². The van der Waals surface area contributed by atoms with E-state index in [2.05, 4.69) is 21.2 Å². The molecular formula is C12H10BrClN2O. The highest BCUT2D eigenvalue weighted by molar-refractivity contribution is 9.10. The normalized spacial score (nSPS) is 10.3. The summed E-state index contributed by atoms with van der Waals surface area (Å²) < 4.78 is 2.44. The Morgan fingerprint density at radius 2 is 2.12 bits per heavy atom. The minimum Gasteiger partial charge on any atom is -0.347 e. The van der Waals surface area contributed by atoms with Crippen LogP contribution < -0.4 is 5.32 Å². The van der Waals surface area contributed by atoms with Crippen LogP contribution in [0.1, 0.15) is 10.5 Å². The lowest BCUT2D eigenvalue weighted by atomic mass is 10.3. The number of halogens is 2. The first-order valence-electron chi connectivity index (χ1n) is 4.96. The van der Waals surface area contributed by atoms with Gasteiger partial charge in [0.15, 0.2) is 0 Å². The number of carbonyl (C=O) groups excluding carboxylic acids is 1. The molecule has 88 valence electrons. The molecule has 0 radical (unpaired) electrons. The van der Waals surface area contributed by atoms with Crippen molar-refractivity contribution in [2.45, 2.75) is 0 Å². The molecule has 0 atom stereocenters. The topological polar surface area (TPSA) is 34.0 Å². The predicted octanol–water partition coefficient (Wildman–Crippen LogP) is 3.69. The first kappa shape index (κ1) is 12.2. The lowest BCUT2D eigenvalue weighted by molar-refractivity contribution is 0.101. The Kier molecular flexibility index (Phi) is 3.54. The van der Waals surface area contributed by atoms with Crippen molar-refractivity contribution in [3.63, 3.8) is 0 Å². The second-order valence-corrected chi connectivity index (χ2v) is 4.76. The van der Waals surface area contributed by atoms with Crippen molar-refractivity contribution in [3.05, 3.63) is 51.7 Å². The van der Waals surface area contributed by atoms with Crippen LogP contribution in [0.4, 0.5) is 5.69 Å². The van der Waals surface area contributed by atoms with Gasteiger partial charge in [0.2, 0.25) is 0 Å². The highest BCUT2D eigenvalue weighted by atomic mass is 79.9. The first-order chi connectivity index (χ1) is 8.09. The molecule has 0 fully saturated rings. The number of rotatable bonds is 2. The fraction of sp³-hybridized carbons (Fsp3) is 0.0833. The lowest BCUT2D eigenvalue weighted by Gasteiger charge is -2.08. The third-order valence-electron chi connectivity index (χ3n) is 2.38. The minimum absolute atomic E-state index is 0.166. The van der Waals surface area contributed by atoms with Crippen molar-refractivity contribution < 1.29 is 4.79 Å². The molecule has 0 aliphatic rings. The van der Waals surface area contributed by atoms with Crippen molar-refractivity contribution in [2.75, 3.05) is 5.32 Å². The van der Waals surface area contributed by atoms with Gasteiger partial charge in [-0.3, -0.25) is 4.79 Å². The number of nitrogens with zero attached hydrogens (tertiary/aromatic N) is 1. The van der Waals surface area contributed by atoms with Gasteiger partial charge in [0.05, 0.1) is 15.2 Å². The van der Waals surface area contributed by atoms with E-state index >= 15 is 0 Å². The summed E-state index contributed by atoms with van der Waals surface area (Å²) in [7, 11) is 1.82. The van der Waals surface area contributed by atoms with Crippen LogP contribution in [-0.2, 0) is 7.05 Å². The zero-order chi connectivity index (χ0) is 12.4. The molecule has 1 N–H and O–H groups in total. The molecule has 0 bridgehead atoms. The molecule has 1 aromatic heterocycles. The molecule has 0 spiro atoms. The monoisotopic (exact) mass is 312 g/mol. The average molecular weight is 314 g/mol. The highest BCUT2D eigenvalue weighted by Gasteiger charge is 2.11. The summed E-state index contributed by atoms with van der Waals surface area (Å²) in [6.07, 6.45) is 1.82. The number of hydrogen-bond donors (Lipinski definition) is 1. The number of nitrogens with one attached hydrogen (secondary N) is 1. The fourth-order valence-corrected chi connectivity index (χ4v) is 2.02. The Bertz CT molecular complexity index is 565. The number of aromatic nitrogens is 1. The first-order valence-corrected chi connectivity index (χ1v) is 6.13. The van der Waals surface area contributed by atoms with Gasteiger partial charge in [-0.15, -0.1) is 0 Å². The Hall–Kier alpha value is -1.26. The Balaban J connectivity index is 2.25. The smallest absolute Gasteiger partial charge is 0.272 e. The van der Waals surface area contributed by atoms with Crippen LogP contribution in [0.3, 0.4) is 0 Å². The molecule has 2 aromatic rings. The van der Waals surface area contributed by atoms with Crippen molar-refractivity contribution in [1.29, 1.82) is 0 Å². The van der Waals surface area contributed by atoms with Gasteiger partial charge in [-0.1, -0.05) is 17.7 Å². The van der Waals surface area contributed by atoms with Crippen LogP contribution in [0.25, 0.3) is 0 Å². The minimum atomic E-state index is -0.166. The summed E-state index contributed by atoms with van der Waals surface area (Å²) in [5.74, 6) is -0.166. The van der Waals surface area contributed by atoms with Gasteiger partial charge in [0.25, 0.3) is 5.91 Å². The molecule has 0 saturated carbocycles. The van der Waals surface area contributed by atoms with Crippen LogP contribution in [0.5, 0.6) is 0 Å². The van der Waals surface area contributed by atoms with Gasteiger partial charge in [-0.2, -0.15) is 0 Å². The molecular weight excluding hydrogens is 304 g/mol. The molecule has 0 aliphatic heterocycles. The van der Waals surface area contributed by atoms with Gasteiger partial charge in [-0.25, -0.2) is 0 Å². The second kappa shape index (κ2) is 4.94. The summed E-state index contributed by atoms with van der Waals surface area (Å²) in [5.41, 5.74) is 1.25. The van der Waals surface area contributed by atoms with Crippen LogP contribution in [0, 0.1) is 0 Å². The van der Waals surface area contributed by atoms with Crippen LogP contribution in [0.2, 0.25) is 5.02 Å². The zero-order valence-electron chi connectivity index (χ0n) is 9.08. The van der Waals surface area contributed by atoms with Crippen molar-refractivity contribution in [2.24, 2.45) is 7.05 Å². The zero-order valence-corrected chi connectivity index (χ0v) is 11.4. The maximum atomic E-state index is 12.0. The maximum Gasteiger partial charge on any atom is 0.272 e. The molecule has 0 unspecified atom stereocenters. The number of benzene rings is 1. The van der Waals surface area contributed by atoms with E-state index in [1.165, 1.54) is 0 Å². The molecule has 1 aromatic carbocycles. The SMILES string of the molecule is Cn1cccc1C(=O)Nc1cccc(Cl)c1Br. The quantitative estimate of drug-likeness (QED) is 0.901. The Morgan fingerprint density at radius 1 is 1.35 bits per heavy atom. The molecule has 1 heterocycles. The van der Waals surface area contributed by atoms with Crippen LogP contribution in [-0.4, -0.2) is 10.5 Å². The molecule has 2 rings (SSSR count). The molecule has 5 heteroatoms. The van der Waals surface area contributed by atoms with E-state index in [4.69, 9.17) is 11.6 Å². The number of anilines is 1. The van der Waals surface area contributed by atoms with Crippen LogP contribution in [0.15, 0.2) is 41.0 Å². The summed E-state index contributed by atoms with van der Waals surface area (Å²) in [6.45, 7) is 0. The van der Waals surface area contributed by atoms with Gasteiger partial charge >= 0.3 is 0 Å². The largest absolute Gasteiger partial charge is 0.347 e. The third-order valence-corrected chi connectivity index (χ3v) is 3.77. The van der Waals surface area contributed by atoms with Gasteiger partial charge in [0.1, 0.15) is 5.69 Å². The van der Waals surface area contributed by atoms with Crippen molar-refractivity contribution >= 4 is 39.1 Å². The average Bonchev–Trinajstić information content (AvgIpc) is 2.71. The Labute approximate surface area is 113 Å². The summed E-state index contributed by atoms with van der Waals surface area (Å²) in [4.78, 5) is 12.0. The standard InChI is InChI=1S/C12H10BrClN2O/c1-16-7-3-6-10(16)12(17)15-9-5-2-4-8(14)11(9)13/h2-7H,1H3,(H,15,17). The molecule has 0 saturated heterocycles. The number of amides is 1. The van der Waals surface area contributed by atoms with E-state index < -0.39 is 0 Å². The molecule has 17 heavy (non-hydrogen) atoms. The van der Waals surface area contributed by atoms with E-state index in [9.17, 15) is 4.79 Å². The van der Waals surface area contributed by atoms with Crippen LogP contribution >= 0.6 is 27.5 Å². The second-order valence-electron chi connectivity index (χ2n) is 3.56. The van der Waals surface area contributed by atoms with E-state index in [1.54, 1.807) is 28.8 Å². The summed E-state index contributed by atoms with van der Waals surface area (Å²) in [5, 5.41) is 3.37. The van der Waals surface area contributed by atoms with Crippen molar-refractivity contribution in [1.82, 2.24) is 4.57 Å². The number of carbonyl (C=O) groups is 1. The maximum absolute atomic E-state index is 12.0. The molecule has 3 nitrogen and oxygen atoms in total. The lowest BCUT2D eigenvalue weighted by Crippen LogP contribution is -2.15. The number of hydrogen-bond acceptors (Lipinski definition) is 1. The molecule has 0 aliphatic carbocycles. The summed E-state index contributed by atoms with van der Waals surface area (Å²) >= 11 is 9.29. The van der Waals surface area contributed by atoms with Crippen molar-refractivity contribution in [3.8, 4) is 0 Å². The highest BCUT2D eigenvalue weighted by Crippen LogP contribution is 2.30. The van der Waals surface area contributed by atoms with Gasteiger partial charge in [0, 0.05) is 13.2 Å². The van der Waals surface area contributed by atoms with Gasteiger partial charge < -0.3 is 9.88 Å². The number of aryl methyl sites for hydroxylation is 1. The fourth-order valence-electron chi connectivity index (χ4n) is 1.48. The third kappa shape index (κ3) is 2.53. The molecule has 1 amide bonds. The van der Waals surface area contributed by atoms with E-state index in [0.717, 1.165) is 0 Å². The van der Waals surface area contributed by atoms with Gasteiger partial charge in [-0.05, 0) is 40.2 Å². The van der Waals surface area contributed by atoms with E-state index in [1.807, 2.05) is 19.3 Å². The predicted molar refractivity (Wildman–Crippen MR) is 72.5 cm³/mol.